The van der Waals surface area contributed by atoms with E-state index in [1.807, 2.05) is 0 Å². The molecule has 0 radical (unpaired) electrons. The molecule has 1 fully saturated rings. The minimum atomic E-state index is -1.42. The van der Waals surface area contributed by atoms with Crippen LogP contribution in [0.3, 0.4) is 0 Å². The largest absolute Gasteiger partial charge is 0.479 e. The molecule has 0 spiro atoms. The third kappa shape index (κ3) is 1.35. The maximum atomic E-state index is 12.3. The second kappa shape index (κ2) is 2.44. The van der Waals surface area contributed by atoms with Crippen LogP contribution in [0.25, 0.3) is 0 Å². The monoisotopic (exact) mass is 162 g/mol. The molecule has 1 rings (SSSR count). The summed E-state index contributed by atoms with van der Waals surface area (Å²) in [5.41, 5.74) is -0.745. The molecule has 1 aliphatic rings. The van der Waals surface area contributed by atoms with Crippen LogP contribution in [0.4, 0.5) is 4.39 Å². The van der Waals surface area contributed by atoms with Crippen molar-refractivity contribution in [2.75, 3.05) is 0 Å². The Labute approximate surface area is 63.8 Å². The summed E-state index contributed by atoms with van der Waals surface area (Å²) in [7, 11) is 0. The van der Waals surface area contributed by atoms with E-state index in [1.54, 1.807) is 6.92 Å². The number of carboxylic acids is 1. The van der Waals surface area contributed by atoms with Crippen molar-refractivity contribution in [3.05, 3.63) is 0 Å². The zero-order valence-electron chi connectivity index (χ0n) is 6.25. The van der Waals surface area contributed by atoms with Crippen LogP contribution in [0.15, 0.2) is 0 Å². The van der Waals surface area contributed by atoms with Gasteiger partial charge in [0.1, 0.15) is 6.17 Å². The van der Waals surface area contributed by atoms with Gasteiger partial charge in [-0.05, 0) is 12.8 Å². The summed E-state index contributed by atoms with van der Waals surface area (Å²) in [6.07, 6.45) is -2.05. The number of alkyl halides is 1. The van der Waals surface area contributed by atoms with Crippen molar-refractivity contribution in [3.63, 3.8) is 0 Å². The number of carboxylic acid groups (broad SMARTS) is 1. The molecule has 0 heterocycles. The molecular formula is C7H11FO3. The Bertz CT molecular complexity index is 175. The van der Waals surface area contributed by atoms with Crippen molar-refractivity contribution in [2.24, 2.45) is 5.41 Å². The highest BCUT2D eigenvalue weighted by atomic mass is 19.1. The molecule has 0 aromatic carbocycles. The van der Waals surface area contributed by atoms with Crippen molar-refractivity contribution in [3.8, 4) is 0 Å². The molecule has 0 amide bonds. The van der Waals surface area contributed by atoms with Gasteiger partial charge in [-0.1, -0.05) is 6.92 Å². The molecule has 3 nitrogen and oxygen atoms in total. The number of aliphatic hydroxyl groups excluding tert-OH is 1. The number of hydrogen-bond acceptors (Lipinski definition) is 2. The first-order valence-corrected chi connectivity index (χ1v) is 3.51. The molecule has 0 saturated heterocycles. The first-order valence-electron chi connectivity index (χ1n) is 3.51. The van der Waals surface area contributed by atoms with Gasteiger partial charge in [0.05, 0.1) is 0 Å². The second-order valence-electron chi connectivity index (χ2n) is 3.40. The fourth-order valence-corrected chi connectivity index (χ4v) is 1.47. The molecular weight excluding hydrogens is 151 g/mol. The van der Waals surface area contributed by atoms with Gasteiger partial charge >= 0.3 is 5.97 Å². The predicted octanol–water partition coefficient (Wildman–Crippen LogP) is 0.570. The SMILES string of the molecule is C[C@]1(C(O)C(=O)O)C[C@@H](F)C1. The van der Waals surface area contributed by atoms with E-state index in [4.69, 9.17) is 10.2 Å². The Balaban J connectivity index is 2.54. The van der Waals surface area contributed by atoms with E-state index in [1.165, 1.54) is 0 Å². The minimum Gasteiger partial charge on any atom is -0.479 e. The van der Waals surface area contributed by atoms with Crippen molar-refractivity contribution in [1.82, 2.24) is 0 Å². The highest BCUT2D eigenvalue weighted by molar-refractivity contribution is 5.73. The fraction of sp³-hybridized carbons (Fsp3) is 0.857. The molecule has 1 atom stereocenters. The van der Waals surface area contributed by atoms with E-state index in [0.29, 0.717) is 0 Å². The Morgan fingerprint density at radius 3 is 2.45 bits per heavy atom. The van der Waals surface area contributed by atoms with E-state index in [-0.39, 0.29) is 12.8 Å². The number of rotatable bonds is 2. The first-order chi connectivity index (χ1) is 4.96. The van der Waals surface area contributed by atoms with Gasteiger partial charge in [0.25, 0.3) is 0 Å². The summed E-state index contributed by atoms with van der Waals surface area (Å²) >= 11 is 0. The quantitative estimate of drug-likeness (QED) is 0.624. The molecule has 1 unspecified atom stereocenters. The fourth-order valence-electron chi connectivity index (χ4n) is 1.47. The topological polar surface area (TPSA) is 57.5 Å². The number of carbonyl (C=O) groups is 1. The van der Waals surface area contributed by atoms with Gasteiger partial charge in [-0.25, -0.2) is 9.18 Å². The molecule has 2 N–H and O–H groups in total. The van der Waals surface area contributed by atoms with Crippen LogP contribution in [-0.4, -0.2) is 28.5 Å². The number of halogens is 1. The molecule has 4 heteroatoms. The lowest BCUT2D eigenvalue weighted by Gasteiger charge is -2.42. The second-order valence-corrected chi connectivity index (χ2v) is 3.40. The van der Waals surface area contributed by atoms with Crippen molar-refractivity contribution >= 4 is 5.97 Å². The number of hydrogen-bond donors (Lipinski definition) is 2. The molecule has 0 bridgehead atoms. The predicted molar refractivity (Wildman–Crippen MR) is 35.9 cm³/mol. The van der Waals surface area contributed by atoms with Crippen LogP contribution in [0.5, 0.6) is 0 Å². The molecule has 0 aromatic heterocycles. The summed E-state index contributed by atoms with van der Waals surface area (Å²) < 4.78 is 12.3. The molecule has 64 valence electrons. The highest BCUT2D eigenvalue weighted by Crippen LogP contribution is 2.45. The lowest BCUT2D eigenvalue weighted by atomic mass is 9.65. The van der Waals surface area contributed by atoms with Gasteiger partial charge < -0.3 is 10.2 Å². The van der Waals surface area contributed by atoms with Gasteiger partial charge in [-0.2, -0.15) is 0 Å². The summed E-state index contributed by atoms with van der Waals surface area (Å²) in [5.74, 6) is -1.26. The molecule has 0 aromatic rings. The highest BCUT2D eigenvalue weighted by Gasteiger charge is 2.48. The van der Waals surface area contributed by atoms with E-state index >= 15 is 0 Å². The average Bonchev–Trinajstić information content (AvgIpc) is 1.83. The van der Waals surface area contributed by atoms with Gasteiger partial charge in [0.15, 0.2) is 6.10 Å². The Morgan fingerprint density at radius 1 is 1.73 bits per heavy atom. The standard InChI is InChI=1S/C7H11FO3/c1-7(2-4(8)3-7)5(9)6(10)11/h4-5,9H,2-3H2,1H3,(H,10,11)/t4-,5?,7+. The molecule has 0 aliphatic heterocycles. The molecule has 1 saturated carbocycles. The minimum absolute atomic E-state index is 0.153. The van der Waals surface area contributed by atoms with Crippen LogP contribution in [0.1, 0.15) is 19.8 Å². The Hall–Kier alpha value is -0.640. The van der Waals surface area contributed by atoms with Crippen LogP contribution in [0.2, 0.25) is 0 Å². The van der Waals surface area contributed by atoms with Crippen LogP contribution >= 0.6 is 0 Å². The summed E-state index contributed by atoms with van der Waals surface area (Å²) in [6.45, 7) is 1.59. The Kier molecular flexibility index (Phi) is 1.88. The summed E-state index contributed by atoms with van der Waals surface area (Å²) in [4.78, 5) is 10.3. The zero-order chi connectivity index (χ0) is 8.65. The van der Waals surface area contributed by atoms with Crippen molar-refractivity contribution < 1.29 is 19.4 Å². The lowest BCUT2D eigenvalue weighted by Crippen LogP contribution is -2.48. The third-order valence-electron chi connectivity index (χ3n) is 2.27. The van der Waals surface area contributed by atoms with E-state index in [9.17, 15) is 9.18 Å². The van der Waals surface area contributed by atoms with Crippen LogP contribution < -0.4 is 0 Å². The third-order valence-corrected chi connectivity index (χ3v) is 2.27. The smallest absolute Gasteiger partial charge is 0.333 e. The number of aliphatic carboxylic acids is 1. The van der Waals surface area contributed by atoms with E-state index < -0.39 is 23.7 Å². The van der Waals surface area contributed by atoms with E-state index in [0.717, 1.165) is 0 Å². The zero-order valence-corrected chi connectivity index (χ0v) is 6.25. The average molecular weight is 162 g/mol. The summed E-state index contributed by atoms with van der Waals surface area (Å²) in [5, 5.41) is 17.5. The van der Waals surface area contributed by atoms with Crippen LogP contribution in [0, 0.1) is 5.41 Å². The summed E-state index contributed by atoms with van der Waals surface area (Å²) in [6, 6.07) is 0. The van der Waals surface area contributed by atoms with Gasteiger partial charge in [0.2, 0.25) is 0 Å². The number of aliphatic hydroxyl groups is 1. The maximum absolute atomic E-state index is 12.3. The van der Waals surface area contributed by atoms with Gasteiger partial charge in [-0.3, -0.25) is 0 Å². The lowest BCUT2D eigenvalue weighted by molar-refractivity contribution is -0.162. The van der Waals surface area contributed by atoms with Gasteiger partial charge in [0, 0.05) is 5.41 Å². The van der Waals surface area contributed by atoms with Gasteiger partial charge in [-0.15, -0.1) is 0 Å². The molecule has 11 heavy (non-hydrogen) atoms. The van der Waals surface area contributed by atoms with Crippen molar-refractivity contribution in [1.29, 1.82) is 0 Å². The maximum Gasteiger partial charge on any atom is 0.333 e. The van der Waals surface area contributed by atoms with Crippen molar-refractivity contribution in [2.45, 2.75) is 32.0 Å². The normalized spacial score (nSPS) is 39.4. The van der Waals surface area contributed by atoms with Crippen LogP contribution in [-0.2, 0) is 4.79 Å². The van der Waals surface area contributed by atoms with E-state index in [2.05, 4.69) is 0 Å². The molecule has 1 aliphatic carbocycles. The Morgan fingerprint density at radius 2 is 2.18 bits per heavy atom. The first kappa shape index (κ1) is 8.46.